The van der Waals surface area contributed by atoms with Gasteiger partial charge in [-0.1, -0.05) is 0 Å². The van der Waals surface area contributed by atoms with Crippen LogP contribution in [0.25, 0.3) is 0 Å². The van der Waals surface area contributed by atoms with E-state index in [2.05, 4.69) is 15.0 Å². The van der Waals surface area contributed by atoms with Crippen LogP contribution in [-0.4, -0.2) is 40.0 Å². The van der Waals surface area contributed by atoms with Crippen molar-refractivity contribution in [1.29, 1.82) is 0 Å². The second-order valence-electron chi connectivity index (χ2n) is 4.93. The van der Waals surface area contributed by atoms with E-state index in [9.17, 15) is 19.7 Å². The smallest absolute Gasteiger partial charge is 0.338 e. The maximum absolute atomic E-state index is 12.1. The molecule has 1 N–H and O–H groups in total. The quantitative estimate of drug-likeness (QED) is 0.354. The Hall–Kier alpha value is -3.23. The van der Waals surface area contributed by atoms with E-state index in [1.165, 1.54) is 6.07 Å². The van der Waals surface area contributed by atoms with Crippen molar-refractivity contribution in [1.82, 2.24) is 14.9 Å². The van der Waals surface area contributed by atoms with Gasteiger partial charge in [0.05, 0.1) is 23.9 Å². The van der Waals surface area contributed by atoms with E-state index in [1.807, 2.05) is 10.8 Å². The molecule has 0 unspecified atom stereocenters. The number of carbonyl (C=O) groups is 2. The molecule has 1 heterocycles. The van der Waals surface area contributed by atoms with Gasteiger partial charge in [-0.25, -0.2) is 9.78 Å². The lowest BCUT2D eigenvalue weighted by Crippen LogP contribution is -2.25. The van der Waals surface area contributed by atoms with Crippen LogP contribution in [0.4, 0.5) is 5.69 Å². The number of benzene rings is 1. The summed E-state index contributed by atoms with van der Waals surface area (Å²) in [6.07, 6.45) is 5.81. The van der Waals surface area contributed by atoms with Crippen LogP contribution in [0.1, 0.15) is 27.1 Å². The SMILES string of the molecule is COC(=O)c1cc(C(=O)NCCCn2ccnc2)cc([N+](=O)[O-])c1. The summed E-state index contributed by atoms with van der Waals surface area (Å²) in [5, 5.41) is 13.6. The molecule has 0 radical (unpaired) electrons. The summed E-state index contributed by atoms with van der Waals surface area (Å²) in [6, 6.07) is 3.46. The second kappa shape index (κ2) is 7.86. The average molecular weight is 332 g/mol. The first kappa shape index (κ1) is 17.1. The average Bonchev–Trinajstić information content (AvgIpc) is 3.10. The number of nitro benzene ring substituents is 1. The molecule has 0 aliphatic heterocycles. The van der Waals surface area contributed by atoms with Crippen molar-refractivity contribution in [2.75, 3.05) is 13.7 Å². The lowest BCUT2D eigenvalue weighted by atomic mass is 10.1. The Bertz CT molecular complexity index is 742. The maximum Gasteiger partial charge on any atom is 0.338 e. The van der Waals surface area contributed by atoms with E-state index >= 15 is 0 Å². The number of esters is 1. The highest BCUT2D eigenvalue weighted by Gasteiger charge is 2.18. The Balaban J connectivity index is 2.03. The number of carbonyl (C=O) groups excluding carboxylic acids is 2. The number of methoxy groups -OCH3 is 1. The second-order valence-corrected chi connectivity index (χ2v) is 4.93. The largest absolute Gasteiger partial charge is 0.465 e. The molecule has 0 saturated heterocycles. The molecule has 1 aromatic carbocycles. The standard InChI is InChI=1S/C15H16N4O5/c1-24-15(21)12-7-11(8-13(9-12)19(22)23)14(20)17-3-2-5-18-6-4-16-10-18/h4,6-10H,2-3,5H2,1H3,(H,17,20). The van der Waals surface area contributed by atoms with Crippen molar-refractivity contribution in [2.45, 2.75) is 13.0 Å². The van der Waals surface area contributed by atoms with Crippen LogP contribution < -0.4 is 5.32 Å². The number of rotatable bonds is 7. The molecule has 9 nitrogen and oxygen atoms in total. The zero-order valence-electron chi connectivity index (χ0n) is 13.0. The number of nitro groups is 1. The van der Waals surface area contributed by atoms with Gasteiger partial charge in [0.2, 0.25) is 0 Å². The summed E-state index contributed by atoms with van der Waals surface area (Å²) in [4.78, 5) is 37.9. The number of imidazole rings is 1. The molecular formula is C15H16N4O5. The fraction of sp³-hybridized carbons (Fsp3) is 0.267. The minimum absolute atomic E-state index is 0.0345. The van der Waals surface area contributed by atoms with E-state index in [-0.39, 0.29) is 16.8 Å². The van der Waals surface area contributed by atoms with E-state index in [0.717, 1.165) is 19.2 Å². The van der Waals surface area contributed by atoms with E-state index in [1.54, 1.807) is 12.5 Å². The molecule has 2 rings (SSSR count). The van der Waals surface area contributed by atoms with Crippen molar-refractivity contribution in [3.05, 3.63) is 58.2 Å². The van der Waals surface area contributed by atoms with Gasteiger partial charge in [0, 0.05) is 43.2 Å². The minimum atomic E-state index is -0.743. The van der Waals surface area contributed by atoms with Crippen LogP contribution in [0.15, 0.2) is 36.9 Å². The first-order chi connectivity index (χ1) is 11.5. The molecule has 24 heavy (non-hydrogen) atoms. The normalized spacial score (nSPS) is 10.2. The first-order valence-corrected chi connectivity index (χ1v) is 7.13. The minimum Gasteiger partial charge on any atom is -0.465 e. The van der Waals surface area contributed by atoms with Gasteiger partial charge in [-0.05, 0) is 12.5 Å². The highest BCUT2D eigenvalue weighted by atomic mass is 16.6. The number of aryl methyl sites for hydroxylation is 1. The van der Waals surface area contributed by atoms with Crippen molar-refractivity contribution in [3.8, 4) is 0 Å². The number of aromatic nitrogens is 2. The Morgan fingerprint density at radius 1 is 1.33 bits per heavy atom. The molecule has 126 valence electrons. The predicted octanol–water partition coefficient (Wildman–Crippen LogP) is 1.40. The van der Waals surface area contributed by atoms with Crippen LogP contribution in [0.3, 0.4) is 0 Å². The van der Waals surface area contributed by atoms with Gasteiger partial charge in [0.15, 0.2) is 0 Å². The monoisotopic (exact) mass is 332 g/mol. The molecule has 0 fully saturated rings. The summed E-state index contributed by atoms with van der Waals surface area (Å²) in [5.74, 6) is -1.23. The van der Waals surface area contributed by atoms with Crippen LogP contribution in [0, 0.1) is 10.1 Å². The lowest BCUT2D eigenvalue weighted by Gasteiger charge is -2.07. The Morgan fingerprint density at radius 3 is 2.71 bits per heavy atom. The van der Waals surface area contributed by atoms with Gasteiger partial charge in [0.1, 0.15) is 0 Å². The number of hydrogen-bond donors (Lipinski definition) is 1. The van der Waals surface area contributed by atoms with Gasteiger partial charge in [-0.3, -0.25) is 14.9 Å². The van der Waals surface area contributed by atoms with Gasteiger partial charge in [0.25, 0.3) is 11.6 Å². The highest BCUT2D eigenvalue weighted by Crippen LogP contribution is 2.18. The molecular weight excluding hydrogens is 316 g/mol. The Labute approximate surface area is 137 Å². The molecule has 1 aromatic heterocycles. The third-order valence-electron chi connectivity index (χ3n) is 3.25. The van der Waals surface area contributed by atoms with Crippen LogP contribution >= 0.6 is 0 Å². The highest BCUT2D eigenvalue weighted by molar-refractivity contribution is 5.98. The molecule has 9 heteroatoms. The topological polar surface area (TPSA) is 116 Å². The summed E-state index contributed by atoms with van der Waals surface area (Å²) in [7, 11) is 1.16. The van der Waals surface area contributed by atoms with Gasteiger partial charge in [-0.15, -0.1) is 0 Å². The molecule has 0 saturated carbocycles. The van der Waals surface area contributed by atoms with Crippen molar-refractivity contribution in [3.63, 3.8) is 0 Å². The van der Waals surface area contributed by atoms with Crippen molar-refractivity contribution in [2.24, 2.45) is 0 Å². The van der Waals surface area contributed by atoms with Gasteiger partial charge < -0.3 is 14.6 Å². The van der Waals surface area contributed by atoms with Gasteiger partial charge in [-0.2, -0.15) is 0 Å². The summed E-state index contributed by atoms with van der Waals surface area (Å²) in [5.41, 5.74) is -0.357. The molecule has 0 aliphatic carbocycles. The zero-order valence-corrected chi connectivity index (χ0v) is 13.0. The molecule has 1 amide bonds. The summed E-state index contributed by atoms with van der Waals surface area (Å²) < 4.78 is 6.41. The summed E-state index contributed by atoms with van der Waals surface area (Å²) in [6.45, 7) is 1.07. The number of non-ortho nitro benzene ring substituents is 1. The fourth-order valence-corrected chi connectivity index (χ4v) is 2.07. The summed E-state index contributed by atoms with van der Waals surface area (Å²) >= 11 is 0. The predicted molar refractivity (Wildman–Crippen MR) is 83.6 cm³/mol. The van der Waals surface area contributed by atoms with E-state index in [0.29, 0.717) is 19.5 Å². The third-order valence-corrected chi connectivity index (χ3v) is 3.25. The number of nitrogens with one attached hydrogen (secondary N) is 1. The molecule has 2 aromatic rings. The molecule has 0 aliphatic rings. The van der Waals surface area contributed by atoms with E-state index < -0.39 is 16.8 Å². The first-order valence-electron chi connectivity index (χ1n) is 7.13. The van der Waals surface area contributed by atoms with Crippen LogP contribution in [0.5, 0.6) is 0 Å². The fourth-order valence-electron chi connectivity index (χ4n) is 2.07. The van der Waals surface area contributed by atoms with Gasteiger partial charge >= 0.3 is 5.97 Å². The van der Waals surface area contributed by atoms with E-state index in [4.69, 9.17) is 0 Å². The molecule has 0 bridgehead atoms. The van der Waals surface area contributed by atoms with Crippen LogP contribution in [-0.2, 0) is 11.3 Å². The molecule has 0 spiro atoms. The third kappa shape index (κ3) is 4.38. The van der Waals surface area contributed by atoms with Crippen molar-refractivity contribution >= 4 is 17.6 Å². The zero-order chi connectivity index (χ0) is 17.5. The lowest BCUT2D eigenvalue weighted by molar-refractivity contribution is -0.384. The number of nitrogens with zero attached hydrogens (tertiary/aromatic N) is 3. The number of ether oxygens (including phenoxy) is 1. The molecule has 0 atom stereocenters. The number of hydrogen-bond acceptors (Lipinski definition) is 6. The Kier molecular flexibility index (Phi) is 5.61. The number of amides is 1. The maximum atomic E-state index is 12.1. The van der Waals surface area contributed by atoms with Crippen LogP contribution in [0.2, 0.25) is 0 Å². The van der Waals surface area contributed by atoms with Crippen molar-refractivity contribution < 1.29 is 19.2 Å². The Morgan fingerprint density at radius 2 is 2.08 bits per heavy atom.